The van der Waals surface area contributed by atoms with Gasteiger partial charge in [-0.1, -0.05) is 0 Å². The van der Waals surface area contributed by atoms with Crippen LogP contribution in [-0.2, 0) is 12.9 Å². The first-order valence-electron chi connectivity index (χ1n) is 3.34. The molecule has 1 aromatic rings. The molecule has 1 rings (SSSR count). The summed E-state index contributed by atoms with van der Waals surface area (Å²) in [6.07, 6.45) is 0. The Morgan fingerprint density at radius 1 is 1.58 bits per heavy atom. The molecule has 0 bridgehead atoms. The highest BCUT2D eigenvalue weighted by atomic mass is 35.5. The number of hydrogen-bond donors (Lipinski definition) is 0. The van der Waals surface area contributed by atoms with Crippen LogP contribution in [0.3, 0.4) is 0 Å². The summed E-state index contributed by atoms with van der Waals surface area (Å²) in [6, 6.07) is 0. The van der Waals surface area contributed by atoms with Crippen molar-refractivity contribution >= 4 is 35.3 Å². The third-order valence-corrected chi connectivity index (χ3v) is 3.09. The molecule has 0 saturated carbocycles. The smallest absolute Gasteiger partial charge is 0.184 e. The summed E-state index contributed by atoms with van der Waals surface area (Å²) in [7, 11) is 3.78. The third kappa shape index (κ3) is 2.03. The third-order valence-electron chi connectivity index (χ3n) is 1.66. The summed E-state index contributed by atoms with van der Waals surface area (Å²) in [6.45, 7) is 2.07. The van der Waals surface area contributed by atoms with E-state index in [1.54, 1.807) is 18.4 Å². The lowest BCUT2D eigenvalue weighted by molar-refractivity contribution is 0.817. The Bertz CT molecular complexity index is 314. The highest BCUT2D eigenvalue weighted by molar-refractivity contribution is 7.09. The van der Waals surface area contributed by atoms with Crippen LogP contribution in [0.15, 0.2) is 4.99 Å². The maximum absolute atomic E-state index is 5.75. The molecule has 0 radical (unpaired) electrons. The van der Waals surface area contributed by atoms with E-state index in [2.05, 4.69) is 11.9 Å². The van der Waals surface area contributed by atoms with Gasteiger partial charge in [0.25, 0.3) is 0 Å². The van der Waals surface area contributed by atoms with Crippen molar-refractivity contribution in [3.05, 3.63) is 15.4 Å². The van der Waals surface area contributed by atoms with Crippen LogP contribution in [0, 0.1) is 6.92 Å². The number of thiazole rings is 1. The molecule has 1 heterocycles. The lowest BCUT2D eigenvalue weighted by atomic mass is 10.4. The highest BCUT2D eigenvalue weighted by Gasteiger charge is 2.03. The molecule has 0 atom stereocenters. The van der Waals surface area contributed by atoms with Crippen LogP contribution < -0.4 is 4.80 Å². The first-order valence-corrected chi connectivity index (χ1v) is 4.70. The minimum Gasteiger partial charge on any atom is -0.323 e. The molecule has 0 spiro atoms. The lowest BCUT2D eigenvalue weighted by Crippen LogP contribution is -2.11. The van der Waals surface area contributed by atoms with E-state index in [1.807, 2.05) is 11.6 Å². The van der Waals surface area contributed by atoms with Gasteiger partial charge in [-0.15, -0.1) is 35.3 Å². The van der Waals surface area contributed by atoms with Crippen molar-refractivity contribution in [3.8, 4) is 0 Å². The van der Waals surface area contributed by atoms with Crippen molar-refractivity contribution in [2.75, 3.05) is 7.05 Å². The highest BCUT2D eigenvalue weighted by Crippen LogP contribution is 2.11. The molecule has 12 heavy (non-hydrogen) atoms. The van der Waals surface area contributed by atoms with E-state index in [4.69, 9.17) is 11.6 Å². The second-order valence-electron chi connectivity index (χ2n) is 2.30. The molecule has 2 nitrogen and oxygen atoms in total. The zero-order chi connectivity index (χ0) is 8.43. The predicted molar refractivity (Wildman–Crippen MR) is 56.3 cm³/mol. The SMILES string of the molecule is CN=c1sc(C)c(CCl)n1C.Cl. The molecule has 0 aromatic carbocycles. The largest absolute Gasteiger partial charge is 0.323 e. The average molecular weight is 227 g/mol. The Labute approximate surface area is 87.3 Å². The van der Waals surface area contributed by atoms with Crippen LogP contribution in [0.25, 0.3) is 0 Å². The van der Waals surface area contributed by atoms with Crippen LogP contribution >= 0.6 is 35.3 Å². The van der Waals surface area contributed by atoms with Crippen molar-refractivity contribution in [3.63, 3.8) is 0 Å². The molecular formula is C7H12Cl2N2S. The van der Waals surface area contributed by atoms with Gasteiger partial charge in [0, 0.05) is 24.7 Å². The summed E-state index contributed by atoms with van der Waals surface area (Å²) < 4.78 is 2.03. The van der Waals surface area contributed by atoms with E-state index >= 15 is 0 Å². The van der Waals surface area contributed by atoms with Gasteiger partial charge in [0.2, 0.25) is 0 Å². The summed E-state index contributed by atoms with van der Waals surface area (Å²) in [5.74, 6) is 0.564. The molecule has 0 fully saturated rings. The average Bonchev–Trinajstić information content (AvgIpc) is 2.26. The first kappa shape index (κ1) is 12.0. The Hall–Kier alpha value is 0.01000. The van der Waals surface area contributed by atoms with E-state index in [9.17, 15) is 0 Å². The molecule has 0 aliphatic heterocycles. The first-order chi connectivity index (χ1) is 5.20. The van der Waals surface area contributed by atoms with Crippen molar-refractivity contribution in [2.45, 2.75) is 12.8 Å². The minimum atomic E-state index is 0. The Kier molecular flexibility index (Phi) is 4.90. The normalized spacial score (nSPS) is 11.5. The lowest BCUT2D eigenvalue weighted by Gasteiger charge is -1.96. The summed E-state index contributed by atoms with van der Waals surface area (Å²) in [5, 5.41) is 0. The van der Waals surface area contributed by atoms with Gasteiger partial charge >= 0.3 is 0 Å². The zero-order valence-electron chi connectivity index (χ0n) is 7.30. The van der Waals surface area contributed by atoms with Crippen LogP contribution in [0.1, 0.15) is 10.6 Å². The van der Waals surface area contributed by atoms with E-state index in [0.29, 0.717) is 5.88 Å². The molecule has 0 amide bonds. The van der Waals surface area contributed by atoms with Gasteiger partial charge in [0.15, 0.2) is 4.80 Å². The molecule has 0 saturated heterocycles. The summed E-state index contributed by atoms with van der Waals surface area (Å²) in [4.78, 5) is 6.40. The second kappa shape index (κ2) is 4.90. The molecule has 70 valence electrons. The van der Waals surface area contributed by atoms with Gasteiger partial charge in [-0.25, -0.2) is 0 Å². The predicted octanol–water partition coefficient (Wildman–Crippen LogP) is 2.09. The number of alkyl halides is 1. The van der Waals surface area contributed by atoms with Gasteiger partial charge in [-0.05, 0) is 6.92 Å². The molecule has 0 aliphatic carbocycles. The van der Waals surface area contributed by atoms with E-state index in [-0.39, 0.29) is 12.4 Å². The Morgan fingerprint density at radius 2 is 2.17 bits per heavy atom. The number of aryl methyl sites for hydroxylation is 1. The second-order valence-corrected chi connectivity index (χ2v) is 3.75. The van der Waals surface area contributed by atoms with Crippen molar-refractivity contribution < 1.29 is 0 Å². The van der Waals surface area contributed by atoms with E-state index in [1.165, 1.54) is 4.88 Å². The minimum absolute atomic E-state index is 0. The van der Waals surface area contributed by atoms with E-state index in [0.717, 1.165) is 10.5 Å². The summed E-state index contributed by atoms with van der Waals surface area (Å²) in [5.41, 5.74) is 1.16. The Morgan fingerprint density at radius 3 is 2.42 bits per heavy atom. The maximum atomic E-state index is 5.75. The standard InChI is InChI=1S/C7H11ClN2S.ClH/c1-5-6(4-8)10(3)7(9-2)11-5;/h4H2,1-3H3;1H. The van der Waals surface area contributed by atoms with Gasteiger partial charge in [-0.3, -0.25) is 4.99 Å². The van der Waals surface area contributed by atoms with Crippen LogP contribution in [-0.4, -0.2) is 11.6 Å². The van der Waals surface area contributed by atoms with Crippen LogP contribution in [0.5, 0.6) is 0 Å². The van der Waals surface area contributed by atoms with Gasteiger partial charge < -0.3 is 4.57 Å². The molecular weight excluding hydrogens is 215 g/mol. The van der Waals surface area contributed by atoms with Crippen molar-refractivity contribution in [1.29, 1.82) is 0 Å². The number of rotatable bonds is 1. The van der Waals surface area contributed by atoms with Crippen LogP contribution in [0.2, 0.25) is 0 Å². The quantitative estimate of drug-likeness (QED) is 0.653. The van der Waals surface area contributed by atoms with Gasteiger partial charge in [0.05, 0.1) is 5.88 Å². The fraction of sp³-hybridized carbons (Fsp3) is 0.571. The number of nitrogens with zero attached hydrogens (tertiary/aromatic N) is 2. The Balaban J connectivity index is 0.00000121. The number of halogens is 2. The number of aromatic nitrogens is 1. The van der Waals surface area contributed by atoms with E-state index < -0.39 is 0 Å². The van der Waals surface area contributed by atoms with Crippen LogP contribution in [0.4, 0.5) is 0 Å². The molecule has 0 N–H and O–H groups in total. The van der Waals surface area contributed by atoms with Crippen molar-refractivity contribution in [1.82, 2.24) is 4.57 Å². The summed E-state index contributed by atoms with van der Waals surface area (Å²) >= 11 is 7.43. The topological polar surface area (TPSA) is 17.3 Å². The molecule has 0 aliphatic rings. The van der Waals surface area contributed by atoms with Crippen molar-refractivity contribution in [2.24, 2.45) is 12.0 Å². The molecule has 0 unspecified atom stereocenters. The molecule has 5 heteroatoms. The fourth-order valence-electron chi connectivity index (χ4n) is 0.995. The number of hydrogen-bond acceptors (Lipinski definition) is 2. The fourth-order valence-corrected chi connectivity index (χ4v) is 2.39. The zero-order valence-corrected chi connectivity index (χ0v) is 9.68. The molecule has 1 aromatic heterocycles. The maximum Gasteiger partial charge on any atom is 0.184 e. The van der Waals surface area contributed by atoms with Gasteiger partial charge in [0.1, 0.15) is 0 Å². The monoisotopic (exact) mass is 226 g/mol. The van der Waals surface area contributed by atoms with Gasteiger partial charge in [-0.2, -0.15) is 0 Å².